The Morgan fingerprint density at radius 3 is 2.47 bits per heavy atom. The van der Waals surface area contributed by atoms with Gasteiger partial charge in [-0.25, -0.2) is 31.1 Å². The average Bonchev–Trinajstić information content (AvgIpc) is 2.78. The number of carbonyl (C=O) groups is 1. The van der Waals surface area contributed by atoms with Crippen LogP contribution in [-0.2, 0) is 20.0 Å². The molecule has 0 saturated heterocycles. The SMILES string of the molecule is CNS(=O)(=O)CCNS(=O)(=O)c1c[nH]c(C(=O)O)c1. The van der Waals surface area contributed by atoms with Gasteiger partial charge in [-0.1, -0.05) is 0 Å². The monoisotopic (exact) mass is 311 g/mol. The second-order valence-corrected chi connectivity index (χ2v) is 7.29. The number of nitrogens with one attached hydrogen (secondary N) is 3. The normalized spacial score (nSPS) is 12.5. The van der Waals surface area contributed by atoms with Crippen molar-refractivity contribution in [3.8, 4) is 0 Å². The highest BCUT2D eigenvalue weighted by molar-refractivity contribution is 7.90. The van der Waals surface area contributed by atoms with E-state index in [1.54, 1.807) is 0 Å². The van der Waals surface area contributed by atoms with E-state index in [1.807, 2.05) is 4.72 Å². The van der Waals surface area contributed by atoms with Crippen LogP contribution in [0.1, 0.15) is 10.5 Å². The zero-order chi connectivity index (χ0) is 14.7. The first-order chi connectivity index (χ1) is 8.68. The number of sulfonamides is 2. The number of aromatic carboxylic acids is 1. The highest BCUT2D eigenvalue weighted by atomic mass is 32.2. The fourth-order valence-electron chi connectivity index (χ4n) is 1.15. The Hall–Kier alpha value is -1.43. The van der Waals surface area contributed by atoms with E-state index in [9.17, 15) is 21.6 Å². The van der Waals surface area contributed by atoms with Crippen LogP contribution in [-0.4, -0.2) is 52.2 Å². The van der Waals surface area contributed by atoms with Gasteiger partial charge in [0.2, 0.25) is 20.0 Å². The minimum atomic E-state index is -3.94. The van der Waals surface area contributed by atoms with Gasteiger partial charge in [-0.05, 0) is 13.1 Å². The Bertz CT molecular complexity index is 660. The summed E-state index contributed by atoms with van der Waals surface area (Å²) in [6, 6.07) is 0.942. The van der Waals surface area contributed by atoms with Crippen LogP contribution in [0.2, 0.25) is 0 Å². The molecule has 1 rings (SSSR count). The summed E-state index contributed by atoms with van der Waals surface area (Å²) < 4.78 is 49.7. The molecule has 9 nitrogen and oxygen atoms in total. The Balaban J connectivity index is 2.73. The molecule has 0 atom stereocenters. The fraction of sp³-hybridized carbons (Fsp3) is 0.375. The van der Waals surface area contributed by atoms with Gasteiger partial charge in [0.15, 0.2) is 0 Å². The quantitative estimate of drug-likeness (QED) is 0.484. The predicted molar refractivity (Wildman–Crippen MR) is 65.8 cm³/mol. The fourth-order valence-corrected chi connectivity index (χ4v) is 2.88. The summed E-state index contributed by atoms with van der Waals surface area (Å²) in [5.41, 5.74) is -0.275. The maximum atomic E-state index is 11.7. The molecule has 0 unspecified atom stereocenters. The number of carboxylic acid groups (broad SMARTS) is 1. The Morgan fingerprint density at radius 1 is 1.37 bits per heavy atom. The Morgan fingerprint density at radius 2 is 2.00 bits per heavy atom. The van der Waals surface area contributed by atoms with Gasteiger partial charge in [-0.15, -0.1) is 0 Å². The molecule has 1 aromatic heterocycles. The van der Waals surface area contributed by atoms with Crippen LogP contribution in [0.25, 0.3) is 0 Å². The van der Waals surface area contributed by atoms with Crippen molar-refractivity contribution in [2.45, 2.75) is 4.90 Å². The predicted octanol–water partition coefficient (Wildman–Crippen LogP) is -1.46. The lowest BCUT2D eigenvalue weighted by Crippen LogP contribution is -2.32. The van der Waals surface area contributed by atoms with Crippen molar-refractivity contribution >= 4 is 26.0 Å². The molecule has 108 valence electrons. The molecule has 0 aliphatic heterocycles. The molecule has 0 saturated carbocycles. The molecule has 1 aromatic rings. The first-order valence-electron chi connectivity index (χ1n) is 5.00. The Labute approximate surface area is 110 Å². The van der Waals surface area contributed by atoms with Crippen molar-refractivity contribution in [1.29, 1.82) is 0 Å². The molecule has 19 heavy (non-hydrogen) atoms. The van der Waals surface area contributed by atoms with Gasteiger partial charge < -0.3 is 10.1 Å². The summed E-state index contributed by atoms with van der Waals surface area (Å²) >= 11 is 0. The zero-order valence-electron chi connectivity index (χ0n) is 9.87. The molecule has 0 bridgehead atoms. The molecule has 0 aromatic carbocycles. The first kappa shape index (κ1) is 15.6. The van der Waals surface area contributed by atoms with E-state index in [0.29, 0.717) is 0 Å². The molecule has 0 fully saturated rings. The highest BCUT2D eigenvalue weighted by Gasteiger charge is 2.18. The minimum absolute atomic E-state index is 0.272. The maximum Gasteiger partial charge on any atom is 0.352 e. The van der Waals surface area contributed by atoms with Gasteiger partial charge in [0.25, 0.3) is 0 Å². The molecule has 0 spiro atoms. The van der Waals surface area contributed by atoms with Crippen molar-refractivity contribution in [3.63, 3.8) is 0 Å². The second kappa shape index (κ2) is 5.69. The number of carboxylic acids is 1. The number of rotatable bonds is 7. The molecule has 0 aliphatic rings. The molecule has 1 heterocycles. The zero-order valence-corrected chi connectivity index (χ0v) is 11.5. The van der Waals surface area contributed by atoms with Crippen molar-refractivity contribution in [3.05, 3.63) is 18.0 Å². The van der Waals surface area contributed by atoms with Crippen LogP contribution >= 0.6 is 0 Å². The molecular weight excluding hydrogens is 298 g/mol. The second-order valence-electron chi connectivity index (χ2n) is 3.47. The van der Waals surface area contributed by atoms with Gasteiger partial charge in [0, 0.05) is 12.7 Å². The summed E-state index contributed by atoms with van der Waals surface area (Å²) in [6.45, 7) is -0.320. The van der Waals surface area contributed by atoms with E-state index in [2.05, 4.69) is 9.71 Å². The highest BCUT2D eigenvalue weighted by Crippen LogP contribution is 2.10. The van der Waals surface area contributed by atoms with E-state index in [0.717, 1.165) is 12.3 Å². The average molecular weight is 311 g/mol. The van der Waals surface area contributed by atoms with Crippen LogP contribution < -0.4 is 9.44 Å². The largest absolute Gasteiger partial charge is 0.477 e. The molecule has 0 aliphatic carbocycles. The van der Waals surface area contributed by atoms with Crippen LogP contribution in [0.15, 0.2) is 17.2 Å². The van der Waals surface area contributed by atoms with Gasteiger partial charge >= 0.3 is 5.97 Å². The molecule has 0 radical (unpaired) electrons. The van der Waals surface area contributed by atoms with Crippen molar-refractivity contribution in [1.82, 2.24) is 14.4 Å². The molecule has 0 amide bonds. The topological polar surface area (TPSA) is 145 Å². The number of aromatic nitrogens is 1. The van der Waals surface area contributed by atoms with Crippen molar-refractivity contribution in [2.24, 2.45) is 0 Å². The molecule has 11 heteroatoms. The van der Waals surface area contributed by atoms with Gasteiger partial charge in [0.1, 0.15) is 10.6 Å². The number of H-pyrrole nitrogens is 1. The van der Waals surface area contributed by atoms with Crippen LogP contribution in [0.4, 0.5) is 0 Å². The summed E-state index contributed by atoms with van der Waals surface area (Å²) in [5.74, 6) is -1.71. The van der Waals surface area contributed by atoms with Crippen LogP contribution in [0.5, 0.6) is 0 Å². The lowest BCUT2D eigenvalue weighted by molar-refractivity contribution is 0.0691. The van der Waals surface area contributed by atoms with Gasteiger partial charge in [-0.2, -0.15) is 0 Å². The smallest absolute Gasteiger partial charge is 0.352 e. The summed E-state index contributed by atoms with van der Waals surface area (Å²) in [5, 5.41) is 8.64. The van der Waals surface area contributed by atoms with E-state index in [-0.39, 0.29) is 17.1 Å². The van der Waals surface area contributed by atoms with Gasteiger partial charge in [-0.3, -0.25) is 0 Å². The van der Waals surface area contributed by atoms with Crippen LogP contribution in [0.3, 0.4) is 0 Å². The maximum absolute atomic E-state index is 11.7. The number of aromatic amines is 1. The molecule has 4 N–H and O–H groups in total. The van der Waals surface area contributed by atoms with Crippen molar-refractivity contribution in [2.75, 3.05) is 19.3 Å². The van der Waals surface area contributed by atoms with E-state index in [4.69, 9.17) is 5.11 Å². The number of hydrogen-bond acceptors (Lipinski definition) is 5. The summed E-state index contributed by atoms with van der Waals surface area (Å²) in [4.78, 5) is 12.6. The van der Waals surface area contributed by atoms with Crippen LogP contribution in [0, 0.1) is 0 Å². The lowest BCUT2D eigenvalue weighted by atomic mass is 10.4. The first-order valence-corrected chi connectivity index (χ1v) is 8.14. The summed E-state index contributed by atoms with van der Waals surface area (Å²) in [7, 11) is -6.23. The lowest BCUT2D eigenvalue weighted by Gasteiger charge is -2.05. The third kappa shape index (κ3) is 4.31. The van der Waals surface area contributed by atoms with E-state index < -0.39 is 31.8 Å². The third-order valence-electron chi connectivity index (χ3n) is 2.17. The minimum Gasteiger partial charge on any atom is -0.477 e. The number of hydrogen-bond donors (Lipinski definition) is 4. The molecular formula is C8H13N3O6S2. The summed E-state index contributed by atoms with van der Waals surface area (Å²) in [6.07, 6.45) is 1.01. The van der Waals surface area contributed by atoms with E-state index in [1.165, 1.54) is 7.05 Å². The standard InChI is InChI=1S/C8H13N3O6S2/c1-9-18(14,15)3-2-11-19(16,17)6-4-7(8(12)13)10-5-6/h4-5,9-11H,2-3H2,1H3,(H,12,13). The third-order valence-corrected chi connectivity index (χ3v) is 4.98. The van der Waals surface area contributed by atoms with Gasteiger partial charge in [0.05, 0.1) is 5.75 Å². The van der Waals surface area contributed by atoms with E-state index >= 15 is 0 Å². The van der Waals surface area contributed by atoms with Crippen molar-refractivity contribution < 1.29 is 26.7 Å². The Kier molecular flexibility index (Phi) is 4.68.